The van der Waals surface area contributed by atoms with Crippen LogP contribution in [0.3, 0.4) is 0 Å². The van der Waals surface area contributed by atoms with Crippen LogP contribution in [0.4, 0.5) is 0 Å². The maximum atomic E-state index is 10.5. The van der Waals surface area contributed by atoms with Crippen LogP contribution in [0.5, 0.6) is 17.4 Å². The Kier molecular flexibility index (Phi) is 4.34. The number of H-pyrrole nitrogens is 1. The van der Waals surface area contributed by atoms with Crippen LogP contribution in [-0.4, -0.2) is 22.4 Å². The summed E-state index contributed by atoms with van der Waals surface area (Å²) in [4.78, 5) is 0. The summed E-state index contributed by atoms with van der Waals surface area (Å²) in [6.45, 7) is 0. The van der Waals surface area contributed by atoms with Gasteiger partial charge in [0.2, 0.25) is 11.8 Å². The largest absolute Gasteiger partial charge is 0.508 e. The number of nitrogens with zero attached hydrogens (tertiary/aromatic N) is 2. The molecule has 7 nitrogen and oxygen atoms in total. The summed E-state index contributed by atoms with van der Waals surface area (Å²) in [5, 5.41) is 27.8. The lowest BCUT2D eigenvalue weighted by Crippen LogP contribution is -2.21. The number of phenols is 1. The zero-order chi connectivity index (χ0) is 19.8. The van der Waals surface area contributed by atoms with E-state index in [2.05, 4.69) is 16.3 Å². The van der Waals surface area contributed by atoms with E-state index in [9.17, 15) is 10.4 Å². The molecule has 1 unspecified atom stereocenters. The SMILES string of the molecule is COc1cccc(-c2[nH]nc3c2C(c2cc(Cl)ccc2O)C(C#N)=C(N)O3)c1. The molecule has 3 aromatic rings. The fourth-order valence-electron chi connectivity index (χ4n) is 3.31. The number of benzene rings is 2. The Hall–Kier alpha value is -3.63. The Morgan fingerprint density at radius 1 is 1.32 bits per heavy atom. The van der Waals surface area contributed by atoms with Crippen LogP contribution in [-0.2, 0) is 0 Å². The topological polar surface area (TPSA) is 117 Å². The lowest BCUT2D eigenvalue weighted by molar-refractivity contribution is 0.377. The second-order valence-electron chi connectivity index (χ2n) is 6.18. The number of fused-ring (bicyclic) bond motifs is 1. The molecule has 0 aliphatic carbocycles. The molecule has 28 heavy (non-hydrogen) atoms. The normalized spacial score (nSPS) is 15.5. The van der Waals surface area contributed by atoms with Gasteiger partial charge in [0, 0.05) is 16.1 Å². The molecule has 1 atom stereocenters. The third kappa shape index (κ3) is 2.80. The molecule has 0 saturated heterocycles. The van der Waals surface area contributed by atoms with E-state index in [-0.39, 0.29) is 23.1 Å². The monoisotopic (exact) mass is 394 g/mol. The highest BCUT2D eigenvalue weighted by atomic mass is 35.5. The summed E-state index contributed by atoms with van der Waals surface area (Å²) in [6.07, 6.45) is 0. The quantitative estimate of drug-likeness (QED) is 0.624. The molecule has 0 radical (unpaired) electrons. The molecule has 4 N–H and O–H groups in total. The van der Waals surface area contributed by atoms with Gasteiger partial charge in [-0.25, -0.2) is 0 Å². The van der Waals surface area contributed by atoms with Crippen molar-refractivity contribution in [2.45, 2.75) is 5.92 Å². The first kappa shape index (κ1) is 17.8. The summed E-state index contributed by atoms with van der Waals surface area (Å²) >= 11 is 6.15. The van der Waals surface area contributed by atoms with Gasteiger partial charge in [0.05, 0.1) is 24.3 Å². The molecule has 1 aliphatic heterocycles. The van der Waals surface area contributed by atoms with Crippen LogP contribution in [0.25, 0.3) is 11.3 Å². The van der Waals surface area contributed by atoms with Crippen molar-refractivity contribution in [2.75, 3.05) is 7.11 Å². The number of halogens is 1. The minimum absolute atomic E-state index is 0.0133. The number of aromatic amines is 1. The highest BCUT2D eigenvalue weighted by Crippen LogP contribution is 2.48. The van der Waals surface area contributed by atoms with Gasteiger partial charge in [-0.05, 0) is 30.3 Å². The van der Waals surface area contributed by atoms with Gasteiger partial charge in [-0.2, -0.15) is 5.26 Å². The fraction of sp³-hybridized carbons (Fsp3) is 0.100. The van der Waals surface area contributed by atoms with Crippen molar-refractivity contribution < 1.29 is 14.6 Å². The molecule has 8 heteroatoms. The van der Waals surface area contributed by atoms with Crippen molar-refractivity contribution in [3.05, 3.63) is 70.1 Å². The van der Waals surface area contributed by atoms with Gasteiger partial charge in [0.15, 0.2) is 0 Å². The maximum Gasteiger partial charge on any atom is 0.244 e. The van der Waals surface area contributed by atoms with E-state index >= 15 is 0 Å². The minimum atomic E-state index is -0.701. The van der Waals surface area contributed by atoms with Gasteiger partial charge in [0.25, 0.3) is 0 Å². The smallest absolute Gasteiger partial charge is 0.244 e. The minimum Gasteiger partial charge on any atom is -0.508 e. The summed E-state index contributed by atoms with van der Waals surface area (Å²) in [6, 6.07) is 14.1. The second-order valence-corrected chi connectivity index (χ2v) is 6.61. The number of hydrogen-bond donors (Lipinski definition) is 3. The Morgan fingerprint density at radius 3 is 2.89 bits per heavy atom. The number of aromatic nitrogens is 2. The van der Waals surface area contributed by atoms with Gasteiger partial charge < -0.3 is 20.3 Å². The molecular formula is C20H15ClN4O3. The van der Waals surface area contributed by atoms with E-state index in [1.807, 2.05) is 24.3 Å². The number of phenolic OH excluding ortho intramolecular Hbond substituents is 1. The van der Waals surface area contributed by atoms with Crippen molar-refractivity contribution in [3.8, 4) is 34.7 Å². The molecule has 0 bridgehead atoms. The molecule has 0 fully saturated rings. The summed E-state index contributed by atoms with van der Waals surface area (Å²) in [5.74, 6) is 0.116. The molecule has 0 saturated carbocycles. The molecular weight excluding hydrogens is 380 g/mol. The zero-order valence-electron chi connectivity index (χ0n) is 14.7. The van der Waals surface area contributed by atoms with Crippen LogP contribution < -0.4 is 15.2 Å². The predicted octanol–water partition coefficient (Wildman–Crippen LogP) is 3.66. The van der Waals surface area contributed by atoms with E-state index in [0.29, 0.717) is 27.6 Å². The Labute approximate surface area is 165 Å². The first-order valence-electron chi connectivity index (χ1n) is 8.32. The van der Waals surface area contributed by atoms with Gasteiger partial charge in [-0.15, -0.1) is 5.10 Å². The van der Waals surface area contributed by atoms with E-state index in [4.69, 9.17) is 26.8 Å². The molecule has 0 spiro atoms. The van der Waals surface area contributed by atoms with Crippen molar-refractivity contribution >= 4 is 11.6 Å². The first-order valence-corrected chi connectivity index (χ1v) is 8.70. The average molecular weight is 395 g/mol. The number of methoxy groups -OCH3 is 1. The Balaban J connectivity index is 1.98. The lowest BCUT2D eigenvalue weighted by Gasteiger charge is -2.24. The average Bonchev–Trinajstić information content (AvgIpc) is 3.12. The van der Waals surface area contributed by atoms with Crippen LogP contribution in [0, 0.1) is 11.3 Å². The lowest BCUT2D eigenvalue weighted by atomic mass is 9.82. The molecule has 4 rings (SSSR count). The number of aromatic hydroxyl groups is 1. The van der Waals surface area contributed by atoms with Crippen LogP contribution >= 0.6 is 11.6 Å². The molecule has 2 aromatic carbocycles. The van der Waals surface area contributed by atoms with E-state index in [1.54, 1.807) is 19.2 Å². The molecule has 1 aliphatic rings. The van der Waals surface area contributed by atoms with Crippen LogP contribution in [0.15, 0.2) is 53.9 Å². The molecule has 0 amide bonds. The van der Waals surface area contributed by atoms with Crippen molar-refractivity contribution in [1.29, 1.82) is 5.26 Å². The Morgan fingerprint density at radius 2 is 2.14 bits per heavy atom. The number of nitrogens with two attached hydrogens (primary N) is 1. The van der Waals surface area contributed by atoms with E-state index < -0.39 is 5.92 Å². The van der Waals surface area contributed by atoms with Gasteiger partial charge in [-0.3, -0.25) is 5.10 Å². The predicted molar refractivity (Wildman–Crippen MR) is 103 cm³/mol. The number of nitriles is 1. The highest BCUT2D eigenvalue weighted by Gasteiger charge is 2.37. The molecule has 2 heterocycles. The first-order chi connectivity index (χ1) is 13.5. The fourth-order valence-corrected chi connectivity index (χ4v) is 3.49. The van der Waals surface area contributed by atoms with Crippen molar-refractivity contribution in [1.82, 2.24) is 10.2 Å². The van der Waals surface area contributed by atoms with Gasteiger partial charge in [0.1, 0.15) is 23.1 Å². The van der Waals surface area contributed by atoms with Crippen molar-refractivity contribution in [2.24, 2.45) is 5.73 Å². The highest BCUT2D eigenvalue weighted by molar-refractivity contribution is 6.30. The van der Waals surface area contributed by atoms with Crippen molar-refractivity contribution in [3.63, 3.8) is 0 Å². The van der Waals surface area contributed by atoms with E-state index in [1.165, 1.54) is 6.07 Å². The number of allylic oxidation sites excluding steroid dienone is 1. The van der Waals surface area contributed by atoms with Gasteiger partial charge in [-0.1, -0.05) is 23.7 Å². The second kappa shape index (κ2) is 6.83. The number of rotatable bonds is 3. The summed E-state index contributed by atoms with van der Waals surface area (Å²) < 4.78 is 10.9. The van der Waals surface area contributed by atoms with Crippen LogP contribution in [0.2, 0.25) is 5.02 Å². The third-order valence-electron chi connectivity index (χ3n) is 4.60. The Bertz CT molecular complexity index is 1150. The number of ether oxygens (including phenoxy) is 2. The molecule has 1 aromatic heterocycles. The van der Waals surface area contributed by atoms with Crippen LogP contribution in [0.1, 0.15) is 17.0 Å². The van der Waals surface area contributed by atoms with Gasteiger partial charge >= 0.3 is 0 Å². The summed E-state index contributed by atoms with van der Waals surface area (Å²) in [5.41, 5.74) is 8.54. The third-order valence-corrected chi connectivity index (χ3v) is 4.83. The zero-order valence-corrected chi connectivity index (χ0v) is 15.5. The maximum absolute atomic E-state index is 10.5. The number of nitrogens with one attached hydrogen (secondary N) is 1. The number of hydrogen-bond acceptors (Lipinski definition) is 6. The van der Waals surface area contributed by atoms with E-state index in [0.717, 1.165) is 5.56 Å². The molecule has 140 valence electrons. The standard InChI is InChI=1S/C20H15ClN4O3/c1-27-12-4-2-3-10(7-12)18-17-16(13-8-11(21)5-6-15(13)26)14(9-22)19(23)28-20(17)25-24-18/h2-8,16,26H,23H2,1H3,(H,24,25). The summed E-state index contributed by atoms with van der Waals surface area (Å²) in [7, 11) is 1.58.